The van der Waals surface area contributed by atoms with Crippen LogP contribution in [-0.4, -0.2) is 35.9 Å². The van der Waals surface area contributed by atoms with E-state index in [1.165, 1.54) is 23.9 Å². The highest BCUT2D eigenvalue weighted by Crippen LogP contribution is 2.25. The molecule has 0 aliphatic carbocycles. The van der Waals surface area contributed by atoms with Gasteiger partial charge in [-0.2, -0.15) is 0 Å². The molecule has 0 unspecified atom stereocenters. The highest BCUT2D eigenvalue weighted by atomic mass is 32.2. The number of hydrogen-bond donors (Lipinski definition) is 1. The molecule has 0 radical (unpaired) electrons. The molecule has 0 aliphatic rings. The Balaban J connectivity index is 1.64. The van der Waals surface area contributed by atoms with Crippen LogP contribution >= 0.6 is 11.8 Å². The Hall–Kier alpha value is -2.58. The first-order valence-corrected chi connectivity index (χ1v) is 11.0. The first kappa shape index (κ1) is 19.2. The molecule has 2 aromatic carbocycles. The minimum Gasteiger partial charge on any atom is -0.325 e. The number of rotatable bonds is 6. The quantitative estimate of drug-likeness (QED) is 0.642. The van der Waals surface area contributed by atoms with Crippen molar-refractivity contribution in [2.45, 2.75) is 10.1 Å². The zero-order chi connectivity index (χ0) is 19.4. The zero-order valence-corrected chi connectivity index (χ0v) is 16.5. The van der Waals surface area contributed by atoms with Gasteiger partial charge in [-0.15, -0.1) is 0 Å². The molecule has 3 rings (SSSR count). The molecule has 0 saturated heterocycles. The van der Waals surface area contributed by atoms with E-state index in [0.29, 0.717) is 5.69 Å². The zero-order valence-electron chi connectivity index (χ0n) is 14.9. The molecule has 0 spiro atoms. The lowest BCUT2D eigenvalue weighted by molar-refractivity contribution is -0.113. The molecule has 3 aromatic rings. The minimum absolute atomic E-state index is 0.169. The normalized spacial score (nSPS) is 11.3. The summed E-state index contributed by atoms with van der Waals surface area (Å²) in [5.74, 6) is -0.0581. The van der Waals surface area contributed by atoms with Gasteiger partial charge in [0.1, 0.15) is 0 Å². The monoisotopic (exact) mass is 401 g/mol. The molecule has 1 amide bonds. The van der Waals surface area contributed by atoms with Crippen molar-refractivity contribution >= 4 is 33.2 Å². The number of anilines is 1. The van der Waals surface area contributed by atoms with Crippen LogP contribution in [0, 0.1) is 0 Å². The molecule has 8 heteroatoms. The van der Waals surface area contributed by atoms with Gasteiger partial charge in [0.2, 0.25) is 5.91 Å². The van der Waals surface area contributed by atoms with E-state index >= 15 is 0 Å². The number of aromatic nitrogens is 2. The SMILES string of the molecule is Cn1c(-c2ccccc2)cnc1SCC(=O)Nc1cccc(S(C)(=O)=O)c1. The number of amides is 1. The Morgan fingerprint density at radius 2 is 1.89 bits per heavy atom. The second-order valence-corrected chi connectivity index (χ2v) is 8.95. The fourth-order valence-corrected chi connectivity index (χ4v) is 3.95. The highest BCUT2D eigenvalue weighted by molar-refractivity contribution is 7.99. The number of imidazole rings is 1. The number of thioether (sulfide) groups is 1. The second-order valence-electron chi connectivity index (χ2n) is 5.99. The van der Waals surface area contributed by atoms with Crippen molar-refractivity contribution in [1.82, 2.24) is 9.55 Å². The van der Waals surface area contributed by atoms with Gasteiger partial charge in [-0.1, -0.05) is 48.2 Å². The topological polar surface area (TPSA) is 81.1 Å². The van der Waals surface area contributed by atoms with Gasteiger partial charge >= 0.3 is 0 Å². The number of nitrogens with one attached hydrogen (secondary N) is 1. The maximum absolute atomic E-state index is 12.2. The van der Waals surface area contributed by atoms with E-state index in [1.807, 2.05) is 41.9 Å². The van der Waals surface area contributed by atoms with Crippen LogP contribution in [0.3, 0.4) is 0 Å². The summed E-state index contributed by atoms with van der Waals surface area (Å²) in [6.07, 6.45) is 2.92. The van der Waals surface area contributed by atoms with Crippen molar-refractivity contribution in [1.29, 1.82) is 0 Å². The Morgan fingerprint density at radius 1 is 1.15 bits per heavy atom. The predicted molar refractivity (Wildman–Crippen MR) is 108 cm³/mol. The molecule has 1 N–H and O–H groups in total. The third-order valence-electron chi connectivity index (χ3n) is 3.89. The van der Waals surface area contributed by atoms with E-state index < -0.39 is 9.84 Å². The number of carbonyl (C=O) groups is 1. The Labute approximate surface area is 162 Å². The first-order chi connectivity index (χ1) is 12.8. The summed E-state index contributed by atoms with van der Waals surface area (Å²) in [6, 6.07) is 16.1. The first-order valence-electron chi connectivity index (χ1n) is 8.14. The van der Waals surface area contributed by atoms with Crippen molar-refractivity contribution in [2.24, 2.45) is 7.05 Å². The Morgan fingerprint density at radius 3 is 2.59 bits per heavy atom. The van der Waals surface area contributed by atoms with E-state index in [2.05, 4.69) is 10.3 Å². The van der Waals surface area contributed by atoms with E-state index in [9.17, 15) is 13.2 Å². The number of sulfone groups is 1. The molecule has 0 saturated carbocycles. The average Bonchev–Trinajstić information content (AvgIpc) is 3.01. The molecule has 0 atom stereocenters. The van der Waals surface area contributed by atoms with Crippen molar-refractivity contribution in [2.75, 3.05) is 17.3 Å². The van der Waals surface area contributed by atoms with Crippen LogP contribution in [0.25, 0.3) is 11.3 Å². The van der Waals surface area contributed by atoms with Gasteiger partial charge in [0.25, 0.3) is 0 Å². The lowest BCUT2D eigenvalue weighted by Gasteiger charge is -2.08. The molecular weight excluding hydrogens is 382 g/mol. The highest BCUT2D eigenvalue weighted by Gasteiger charge is 2.12. The van der Waals surface area contributed by atoms with E-state index in [1.54, 1.807) is 18.3 Å². The van der Waals surface area contributed by atoms with Crippen molar-refractivity contribution < 1.29 is 13.2 Å². The molecule has 27 heavy (non-hydrogen) atoms. The van der Waals surface area contributed by atoms with Gasteiger partial charge in [0.05, 0.1) is 22.5 Å². The van der Waals surface area contributed by atoms with E-state index in [0.717, 1.165) is 22.7 Å². The van der Waals surface area contributed by atoms with Crippen LogP contribution in [0.5, 0.6) is 0 Å². The number of benzene rings is 2. The van der Waals surface area contributed by atoms with Gasteiger partial charge in [0, 0.05) is 19.0 Å². The van der Waals surface area contributed by atoms with Crippen LogP contribution in [0.1, 0.15) is 0 Å². The van der Waals surface area contributed by atoms with Gasteiger partial charge in [-0.3, -0.25) is 4.79 Å². The smallest absolute Gasteiger partial charge is 0.234 e. The molecule has 6 nitrogen and oxygen atoms in total. The van der Waals surface area contributed by atoms with Crippen LogP contribution in [0.4, 0.5) is 5.69 Å². The summed E-state index contributed by atoms with van der Waals surface area (Å²) < 4.78 is 25.2. The third kappa shape index (κ3) is 4.78. The molecular formula is C19H19N3O3S2. The largest absolute Gasteiger partial charge is 0.325 e. The van der Waals surface area contributed by atoms with Crippen LogP contribution in [0.2, 0.25) is 0 Å². The lowest BCUT2D eigenvalue weighted by atomic mass is 10.2. The number of hydrogen-bond acceptors (Lipinski definition) is 5. The standard InChI is InChI=1S/C19H19N3O3S2/c1-22-17(14-7-4-3-5-8-14)12-20-19(22)26-13-18(23)21-15-9-6-10-16(11-15)27(2,24)25/h3-12H,13H2,1-2H3,(H,21,23). The summed E-state index contributed by atoms with van der Waals surface area (Å²) in [7, 11) is -1.41. The van der Waals surface area contributed by atoms with Crippen molar-refractivity contribution in [3.8, 4) is 11.3 Å². The summed E-state index contributed by atoms with van der Waals surface area (Å²) in [6.45, 7) is 0. The van der Waals surface area contributed by atoms with Crippen LogP contribution < -0.4 is 5.32 Å². The van der Waals surface area contributed by atoms with Crippen LogP contribution in [-0.2, 0) is 21.7 Å². The average molecular weight is 402 g/mol. The molecule has 0 aliphatic heterocycles. The van der Waals surface area contributed by atoms with Gasteiger partial charge in [0.15, 0.2) is 15.0 Å². The molecule has 140 valence electrons. The fraction of sp³-hybridized carbons (Fsp3) is 0.158. The predicted octanol–water partition coefficient (Wildman–Crippen LogP) is 3.22. The number of carbonyl (C=O) groups excluding carboxylic acids is 1. The Kier molecular flexibility index (Phi) is 5.67. The molecule has 1 aromatic heterocycles. The van der Waals surface area contributed by atoms with Crippen molar-refractivity contribution in [3.05, 3.63) is 60.8 Å². The van der Waals surface area contributed by atoms with E-state index in [-0.39, 0.29) is 16.6 Å². The summed E-state index contributed by atoms with van der Waals surface area (Å²) >= 11 is 1.32. The minimum atomic E-state index is -3.32. The summed E-state index contributed by atoms with van der Waals surface area (Å²) in [4.78, 5) is 16.8. The second kappa shape index (κ2) is 7.98. The molecule has 1 heterocycles. The maximum Gasteiger partial charge on any atom is 0.234 e. The fourth-order valence-electron chi connectivity index (χ4n) is 2.54. The maximum atomic E-state index is 12.2. The van der Waals surface area contributed by atoms with Gasteiger partial charge < -0.3 is 9.88 Å². The summed E-state index contributed by atoms with van der Waals surface area (Å²) in [5.41, 5.74) is 2.48. The number of nitrogens with zero attached hydrogens (tertiary/aromatic N) is 2. The van der Waals surface area contributed by atoms with Gasteiger partial charge in [-0.05, 0) is 23.8 Å². The Bertz CT molecular complexity index is 1060. The lowest BCUT2D eigenvalue weighted by Crippen LogP contribution is -2.14. The van der Waals surface area contributed by atoms with Crippen LogP contribution in [0.15, 0.2) is 70.8 Å². The third-order valence-corrected chi connectivity index (χ3v) is 6.05. The summed E-state index contributed by atoms with van der Waals surface area (Å²) in [5, 5.41) is 3.45. The van der Waals surface area contributed by atoms with E-state index in [4.69, 9.17) is 0 Å². The molecule has 0 fully saturated rings. The van der Waals surface area contributed by atoms with Gasteiger partial charge in [-0.25, -0.2) is 13.4 Å². The molecule has 0 bridgehead atoms. The van der Waals surface area contributed by atoms with Crippen molar-refractivity contribution in [3.63, 3.8) is 0 Å².